The number of rotatable bonds is 14. The Balaban J connectivity index is 2.04. The lowest BCUT2D eigenvalue weighted by Crippen LogP contribution is -2.12. The van der Waals surface area contributed by atoms with Crippen molar-refractivity contribution in [1.82, 2.24) is 0 Å². The van der Waals surface area contributed by atoms with Crippen molar-refractivity contribution in [3.05, 3.63) is 59.7 Å². The van der Waals surface area contributed by atoms with Gasteiger partial charge in [-0.3, -0.25) is 0 Å². The molecule has 3 heteroatoms. The first-order chi connectivity index (χ1) is 13.3. The normalized spacial score (nSPS) is 11.5. The average Bonchev–Trinajstić information content (AvgIpc) is 2.70. The molecule has 0 radical (unpaired) electrons. The summed E-state index contributed by atoms with van der Waals surface area (Å²) in [6.45, 7) is 1.75. The summed E-state index contributed by atoms with van der Waals surface area (Å²) in [5, 5.41) is 2.96. The largest absolute Gasteiger partial charge is 0.385 e. The summed E-state index contributed by atoms with van der Waals surface area (Å²) in [6, 6.07) is 17.8. The summed E-state index contributed by atoms with van der Waals surface area (Å²) >= 11 is 0. The van der Waals surface area contributed by atoms with Gasteiger partial charge in [0.1, 0.15) is 0 Å². The first-order valence-electron chi connectivity index (χ1n) is 10.3. The van der Waals surface area contributed by atoms with Gasteiger partial charge in [-0.15, -0.1) is 0 Å². The maximum absolute atomic E-state index is 5.20. The van der Waals surface area contributed by atoms with Crippen LogP contribution < -0.4 is 10.6 Å². The Morgan fingerprint density at radius 2 is 1.33 bits per heavy atom. The third-order valence-electron chi connectivity index (χ3n) is 4.90. The lowest BCUT2D eigenvalue weighted by Gasteiger charge is -2.16. The first-order valence-corrected chi connectivity index (χ1v) is 11.3. The minimum absolute atomic E-state index is 0.745. The topological polar surface area (TPSA) is 18.5 Å². The highest BCUT2D eigenvalue weighted by Gasteiger charge is 2.09. The van der Waals surface area contributed by atoms with Crippen molar-refractivity contribution in [2.75, 3.05) is 27.4 Å². The molecule has 0 fully saturated rings. The van der Waals surface area contributed by atoms with Crippen LogP contribution in [0.2, 0.25) is 0 Å². The molecule has 0 aliphatic rings. The number of unbranched alkanes of at least 4 members (excludes halogenated alkanes) is 4. The minimum Gasteiger partial charge on any atom is -0.385 e. The fraction of sp³-hybridized carbons (Fsp3) is 0.500. The molecule has 2 aromatic carbocycles. The number of methoxy groups -OCH3 is 2. The van der Waals surface area contributed by atoms with Crippen molar-refractivity contribution in [1.29, 1.82) is 0 Å². The molecule has 0 saturated carbocycles. The summed E-state index contributed by atoms with van der Waals surface area (Å²) in [6.07, 6.45) is 9.67. The fourth-order valence-corrected chi connectivity index (χ4v) is 4.71. The fourth-order valence-electron chi connectivity index (χ4n) is 3.42. The van der Waals surface area contributed by atoms with Crippen LogP contribution >= 0.6 is 8.58 Å². The van der Waals surface area contributed by atoms with Gasteiger partial charge in [0.2, 0.25) is 0 Å². The zero-order valence-corrected chi connectivity index (χ0v) is 18.0. The van der Waals surface area contributed by atoms with E-state index in [-0.39, 0.29) is 0 Å². The summed E-state index contributed by atoms with van der Waals surface area (Å²) in [4.78, 5) is 0. The van der Waals surface area contributed by atoms with Crippen molar-refractivity contribution in [3.8, 4) is 0 Å². The number of ether oxygens (including phenoxy) is 2. The van der Waals surface area contributed by atoms with Crippen LogP contribution in [-0.4, -0.2) is 27.4 Å². The SMILES string of the molecule is COCCCCCc1cccc(Pc2ccccc2)c1CCCCCOC. The Labute approximate surface area is 167 Å². The third-order valence-corrected chi connectivity index (χ3v) is 6.26. The molecule has 0 heterocycles. The Hall–Kier alpha value is -1.21. The van der Waals surface area contributed by atoms with Crippen LogP contribution in [0.3, 0.4) is 0 Å². The van der Waals surface area contributed by atoms with Gasteiger partial charge in [-0.05, 0) is 60.3 Å². The van der Waals surface area contributed by atoms with E-state index in [1.807, 2.05) is 0 Å². The van der Waals surface area contributed by atoms with Crippen molar-refractivity contribution < 1.29 is 9.47 Å². The van der Waals surface area contributed by atoms with Gasteiger partial charge in [-0.2, -0.15) is 0 Å². The second-order valence-electron chi connectivity index (χ2n) is 7.04. The molecule has 0 bridgehead atoms. The standard InChI is InChI=1S/C24H35O2P/c1-25-19-10-4-6-13-21-14-12-18-24(27-22-15-7-3-8-16-22)23(21)17-9-5-11-20-26-2/h3,7-8,12,14-16,18,27H,4-6,9-11,13,17,19-20H2,1-2H3. The molecule has 2 aromatic rings. The van der Waals surface area contributed by atoms with E-state index in [4.69, 9.17) is 9.47 Å². The molecule has 0 aromatic heterocycles. The number of benzene rings is 2. The van der Waals surface area contributed by atoms with Crippen LogP contribution in [-0.2, 0) is 22.3 Å². The van der Waals surface area contributed by atoms with Gasteiger partial charge < -0.3 is 9.47 Å². The van der Waals surface area contributed by atoms with Crippen LogP contribution in [0.4, 0.5) is 0 Å². The molecule has 2 rings (SSSR count). The van der Waals surface area contributed by atoms with Crippen molar-refractivity contribution >= 4 is 19.2 Å². The smallest absolute Gasteiger partial charge is 0.0462 e. The van der Waals surface area contributed by atoms with E-state index in [1.165, 1.54) is 49.1 Å². The van der Waals surface area contributed by atoms with Crippen molar-refractivity contribution in [2.45, 2.75) is 51.4 Å². The molecule has 1 atom stereocenters. The van der Waals surface area contributed by atoms with Crippen molar-refractivity contribution in [3.63, 3.8) is 0 Å². The summed E-state index contributed by atoms with van der Waals surface area (Å²) in [7, 11) is 4.32. The van der Waals surface area contributed by atoms with Crippen LogP contribution in [0.1, 0.15) is 49.7 Å². The van der Waals surface area contributed by atoms with Gasteiger partial charge in [-0.25, -0.2) is 0 Å². The lowest BCUT2D eigenvalue weighted by molar-refractivity contribution is 0.192. The molecule has 27 heavy (non-hydrogen) atoms. The van der Waals surface area contributed by atoms with E-state index in [0.717, 1.165) is 34.6 Å². The van der Waals surface area contributed by atoms with E-state index in [9.17, 15) is 0 Å². The molecule has 148 valence electrons. The minimum atomic E-state index is 0.745. The highest BCUT2D eigenvalue weighted by molar-refractivity contribution is 7.55. The predicted octanol–water partition coefficient (Wildman–Crippen LogP) is 5.03. The quantitative estimate of drug-likeness (QED) is 0.335. The number of hydrogen-bond acceptors (Lipinski definition) is 2. The van der Waals surface area contributed by atoms with Gasteiger partial charge in [0.25, 0.3) is 0 Å². The third kappa shape index (κ3) is 8.56. The van der Waals surface area contributed by atoms with Gasteiger partial charge >= 0.3 is 0 Å². The molecule has 0 aliphatic heterocycles. The Kier molecular flexibility index (Phi) is 11.4. The number of hydrogen-bond donors (Lipinski definition) is 0. The van der Waals surface area contributed by atoms with Crippen LogP contribution in [0.5, 0.6) is 0 Å². The maximum atomic E-state index is 5.20. The van der Waals surface area contributed by atoms with E-state index in [2.05, 4.69) is 48.5 Å². The van der Waals surface area contributed by atoms with Crippen LogP contribution in [0, 0.1) is 0 Å². The first kappa shape index (κ1) is 22.1. The maximum Gasteiger partial charge on any atom is 0.0462 e. The van der Waals surface area contributed by atoms with Gasteiger partial charge in [0, 0.05) is 27.4 Å². The second kappa shape index (κ2) is 13.9. The Morgan fingerprint density at radius 3 is 2.00 bits per heavy atom. The highest BCUT2D eigenvalue weighted by Crippen LogP contribution is 2.21. The van der Waals surface area contributed by atoms with Gasteiger partial charge in [0.15, 0.2) is 0 Å². The van der Waals surface area contributed by atoms with E-state index in [0.29, 0.717) is 0 Å². The molecule has 0 aliphatic carbocycles. The van der Waals surface area contributed by atoms with E-state index < -0.39 is 0 Å². The van der Waals surface area contributed by atoms with E-state index >= 15 is 0 Å². The second-order valence-corrected chi connectivity index (χ2v) is 8.41. The van der Waals surface area contributed by atoms with Gasteiger partial charge in [0.05, 0.1) is 0 Å². The zero-order chi connectivity index (χ0) is 19.2. The molecule has 2 nitrogen and oxygen atoms in total. The van der Waals surface area contributed by atoms with Gasteiger partial charge in [-0.1, -0.05) is 70.0 Å². The van der Waals surface area contributed by atoms with Crippen LogP contribution in [0.15, 0.2) is 48.5 Å². The molecular weight excluding hydrogens is 351 g/mol. The molecule has 1 unspecified atom stereocenters. The Morgan fingerprint density at radius 1 is 0.667 bits per heavy atom. The molecule has 0 spiro atoms. The van der Waals surface area contributed by atoms with Crippen molar-refractivity contribution in [2.24, 2.45) is 0 Å². The average molecular weight is 387 g/mol. The predicted molar refractivity (Wildman–Crippen MR) is 119 cm³/mol. The van der Waals surface area contributed by atoms with E-state index in [1.54, 1.807) is 25.3 Å². The van der Waals surface area contributed by atoms with Crippen LogP contribution in [0.25, 0.3) is 0 Å². The molecule has 0 amide bonds. The summed E-state index contributed by atoms with van der Waals surface area (Å²) < 4.78 is 10.4. The Bertz CT molecular complexity index is 628. The summed E-state index contributed by atoms with van der Waals surface area (Å²) in [5.74, 6) is 0. The highest BCUT2D eigenvalue weighted by atomic mass is 31.1. The number of aryl methyl sites for hydroxylation is 1. The summed E-state index contributed by atoms with van der Waals surface area (Å²) in [5.41, 5.74) is 3.16. The monoisotopic (exact) mass is 386 g/mol. The molecule has 0 N–H and O–H groups in total. The molecule has 0 saturated heterocycles. The molecular formula is C24H35O2P. The zero-order valence-electron chi connectivity index (χ0n) is 17.0. The lowest BCUT2D eigenvalue weighted by atomic mass is 9.97.